The molecule has 8 aromatic rings. The lowest BCUT2D eigenvalue weighted by atomic mass is 9.85. The number of nitrogens with zero attached hydrogens (tertiary/aromatic N) is 2. The van der Waals surface area contributed by atoms with Gasteiger partial charge in [-0.2, -0.15) is 0 Å². The first kappa shape index (κ1) is 25.1. The number of rotatable bonds is 4. The average molecular weight is 549 g/mol. The Kier molecular flexibility index (Phi) is 6.05. The highest BCUT2D eigenvalue weighted by atomic mass is 14.7. The second-order valence-electron chi connectivity index (χ2n) is 11.1. The van der Waals surface area contributed by atoms with E-state index < -0.39 is 0 Å². The number of hydrogen-bond acceptors (Lipinski definition) is 2. The second kappa shape index (κ2) is 10.3. The smallest absolute Gasteiger partial charge is 0.0720 e. The van der Waals surface area contributed by atoms with Gasteiger partial charge in [-0.1, -0.05) is 109 Å². The minimum atomic E-state index is 0.942. The maximum atomic E-state index is 4.77. The van der Waals surface area contributed by atoms with Gasteiger partial charge in [-0.25, -0.2) is 0 Å². The van der Waals surface area contributed by atoms with Crippen LogP contribution in [0, 0.1) is 6.92 Å². The zero-order chi connectivity index (χ0) is 28.8. The summed E-state index contributed by atoms with van der Waals surface area (Å²) < 4.78 is 0. The molecule has 2 heterocycles. The van der Waals surface area contributed by atoms with Crippen molar-refractivity contribution in [2.75, 3.05) is 0 Å². The van der Waals surface area contributed by atoms with E-state index in [-0.39, 0.29) is 0 Å². The van der Waals surface area contributed by atoms with Gasteiger partial charge in [0.2, 0.25) is 0 Å². The van der Waals surface area contributed by atoms with Crippen molar-refractivity contribution in [3.63, 3.8) is 0 Å². The molecule has 2 heteroatoms. The standard InChI is InChI=1S/C41H28N2/c1-27-21-22-42-26-38(27)39-20-19-33(25-43-39)31-16-15-30-24-32(18-17-29(30)23-31)41-36-13-7-5-11-34(36)40(28-9-3-2-4-10-28)35-12-6-8-14-37(35)41/h2-26H,1H3. The van der Waals surface area contributed by atoms with Crippen LogP contribution in [-0.4, -0.2) is 9.97 Å². The van der Waals surface area contributed by atoms with Gasteiger partial charge >= 0.3 is 0 Å². The Labute approximate surface area is 251 Å². The molecule has 0 fully saturated rings. The molecule has 0 aliphatic carbocycles. The van der Waals surface area contributed by atoms with Gasteiger partial charge < -0.3 is 0 Å². The van der Waals surface area contributed by atoms with Crippen LogP contribution in [-0.2, 0) is 0 Å². The van der Waals surface area contributed by atoms with Gasteiger partial charge in [0.15, 0.2) is 0 Å². The minimum Gasteiger partial charge on any atom is -0.264 e. The number of aryl methyl sites for hydroxylation is 1. The van der Waals surface area contributed by atoms with Gasteiger partial charge in [0.25, 0.3) is 0 Å². The molecule has 0 N–H and O–H groups in total. The summed E-state index contributed by atoms with van der Waals surface area (Å²) in [6.45, 7) is 2.09. The zero-order valence-electron chi connectivity index (χ0n) is 23.8. The van der Waals surface area contributed by atoms with E-state index >= 15 is 0 Å². The largest absolute Gasteiger partial charge is 0.264 e. The lowest BCUT2D eigenvalue weighted by molar-refractivity contribution is 1.25. The molecule has 0 atom stereocenters. The van der Waals surface area contributed by atoms with E-state index in [9.17, 15) is 0 Å². The Bertz CT molecular complexity index is 2230. The molecule has 2 aromatic heterocycles. The Morgan fingerprint density at radius 3 is 1.60 bits per heavy atom. The predicted octanol–water partition coefficient (Wildman–Crippen LogP) is 10.9. The predicted molar refractivity (Wildman–Crippen MR) is 181 cm³/mol. The second-order valence-corrected chi connectivity index (χ2v) is 11.1. The van der Waals surface area contributed by atoms with Crippen LogP contribution < -0.4 is 0 Å². The molecule has 2 nitrogen and oxygen atoms in total. The van der Waals surface area contributed by atoms with Crippen LogP contribution in [0.4, 0.5) is 0 Å². The summed E-state index contributed by atoms with van der Waals surface area (Å²) in [5.74, 6) is 0. The van der Waals surface area contributed by atoms with Crippen LogP contribution in [0.5, 0.6) is 0 Å². The molecule has 0 radical (unpaired) electrons. The molecule has 8 rings (SSSR count). The molecule has 6 aromatic carbocycles. The van der Waals surface area contributed by atoms with Crippen molar-refractivity contribution in [3.8, 4) is 44.6 Å². The summed E-state index contributed by atoms with van der Waals surface area (Å²) in [5.41, 5.74) is 10.5. The van der Waals surface area contributed by atoms with E-state index in [1.807, 2.05) is 24.7 Å². The maximum absolute atomic E-state index is 4.77. The SMILES string of the molecule is Cc1ccncc1-c1ccc(-c2ccc3cc(-c4c5ccccc5c(-c5ccccc5)c5ccccc45)ccc3c2)cn1. The summed E-state index contributed by atoms with van der Waals surface area (Å²) in [4.78, 5) is 9.04. The van der Waals surface area contributed by atoms with Gasteiger partial charge in [0.1, 0.15) is 0 Å². The molecular weight excluding hydrogens is 520 g/mol. The average Bonchev–Trinajstić information content (AvgIpc) is 3.07. The summed E-state index contributed by atoms with van der Waals surface area (Å²) >= 11 is 0. The number of aromatic nitrogens is 2. The molecule has 43 heavy (non-hydrogen) atoms. The van der Waals surface area contributed by atoms with E-state index in [0.29, 0.717) is 0 Å². The topological polar surface area (TPSA) is 25.8 Å². The third kappa shape index (κ3) is 4.36. The fraction of sp³-hybridized carbons (Fsp3) is 0.0244. The Balaban J connectivity index is 1.24. The molecule has 0 bridgehead atoms. The van der Waals surface area contributed by atoms with Gasteiger partial charge in [-0.05, 0) is 96.9 Å². The van der Waals surface area contributed by atoms with Gasteiger partial charge in [-0.3, -0.25) is 9.97 Å². The van der Waals surface area contributed by atoms with Crippen molar-refractivity contribution in [1.29, 1.82) is 0 Å². The molecule has 202 valence electrons. The van der Waals surface area contributed by atoms with Crippen LogP contribution in [0.1, 0.15) is 5.56 Å². The third-order valence-electron chi connectivity index (χ3n) is 8.53. The van der Waals surface area contributed by atoms with E-state index in [1.165, 1.54) is 60.1 Å². The first-order valence-corrected chi connectivity index (χ1v) is 14.6. The van der Waals surface area contributed by atoms with Crippen molar-refractivity contribution in [2.24, 2.45) is 0 Å². The van der Waals surface area contributed by atoms with Crippen molar-refractivity contribution in [3.05, 3.63) is 158 Å². The third-order valence-corrected chi connectivity index (χ3v) is 8.53. The van der Waals surface area contributed by atoms with Crippen molar-refractivity contribution < 1.29 is 0 Å². The van der Waals surface area contributed by atoms with Gasteiger partial charge in [-0.15, -0.1) is 0 Å². The van der Waals surface area contributed by atoms with E-state index in [4.69, 9.17) is 4.98 Å². The van der Waals surface area contributed by atoms with E-state index in [2.05, 4.69) is 139 Å². The molecule has 0 spiro atoms. The Morgan fingerprint density at radius 2 is 1.00 bits per heavy atom. The van der Waals surface area contributed by atoms with E-state index in [0.717, 1.165) is 22.4 Å². The fourth-order valence-electron chi connectivity index (χ4n) is 6.39. The lowest BCUT2D eigenvalue weighted by Gasteiger charge is -2.18. The highest BCUT2D eigenvalue weighted by Crippen LogP contribution is 2.44. The van der Waals surface area contributed by atoms with Crippen LogP contribution in [0.25, 0.3) is 77.0 Å². The van der Waals surface area contributed by atoms with Crippen LogP contribution >= 0.6 is 0 Å². The van der Waals surface area contributed by atoms with Gasteiger partial charge in [0.05, 0.1) is 5.69 Å². The monoisotopic (exact) mass is 548 g/mol. The Hall–Kier alpha value is -5.60. The fourth-order valence-corrected chi connectivity index (χ4v) is 6.39. The summed E-state index contributed by atoms with van der Waals surface area (Å²) in [6.07, 6.45) is 5.66. The number of hydrogen-bond donors (Lipinski definition) is 0. The number of benzene rings is 6. The van der Waals surface area contributed by atoms with Crippen LogP contribution in [0.3, 0.4) is 0 Å². The molecule has 0 aliphatic heterocycles. The first-order valence-electron chi connectivity index (χ1n) is 14.6. The lowest BCUT2D eigenvalue weighted by Crippen LogP contribution is -1.91. The van der Waals surface area contributed by atoms with Gasteiger partial charge in [0, 0.05) is 29.7 Å². The molecule has 0 saturated heterocycles. The molecule has 0 aliphatic rings. The quantitative estimate of drug-likeness (QED) is 0.204. The normalized spacial score (nSPS) is 11.4. The molecule has 0 saturated carbocycles. The van der Waals surface area contributed by atoms with Crippen molar-refractivity contribution in [2.45, 2.75) is 6.92 Å². The maximum Gasteiger partial charge on any atom is 0.0720 e. The highest BCUT2D eigenvalue weighted by Gasteiger charge is 2.16. The number of pyridine rings is 2. The highest BCUT2D eigenvalue weighted by molar-refractivity contribution is 6.21. The molecule has 0 unspecified atom stereocenters. The molecule has 0 amide bonds. The molecular formula is C41H28N2. The first-order chi connectivity index (χ1) is 21.2. The Morgan fingerprint density at radius 1 is 0.442 bits per heavy atom. The zero-order valence-corrected chi connectivity index (χ0v) is 23.8. The number of fused-ring (bicyclic) bond motifs is 3. The summed E-state index contributed by atoms with van der Waals surface area (Å²) in [5, 5.41) is 7.52. The van der Waals surface area contributed by atoms with E-state index in [1.54, 1.807) is 0 Å². The minimum absolute atomic E-state index is 0.942. The van der Waals surface area contributed by atoms with Crippen molar-refractivity contribution >= 4 is 32.3 Å². The van der Waals surface area contributed by atoms with Crippen LogP contribution in [0.15, 0.2) is 152 Å². The summed E-state index contributed by atoms with van der Waals surface area (Å²) in [6, 6.07) is 48.2. The van der Waals surface area contributed by atoms with Crippen LogP contribution in [0.2, 0.25) is 0 Å². The summed E-state index contributed by atoms with van der Waals surface area (Å²) in [7, 11) is 0. The van der Waals surface area contributed by atoms with Crippen molar-refractivity contribution in [1.82, 2.24) is 9.97 Å².